The monoisotopic (exact) mass is 422 g/mol. The minimum absolute atomic E-state index is 0.0185. The number of carbonyl (C=O) groups excluding carboxylic acids is 1. The summed E-state index contributed by atoms with van der Waals surface area (Å²) in [6, 6.07) is 5.62. The summed E-state index contributed by atoms with van der Waals surface area (Å²) < 4.78 is 36.1. The van der Waals surface area contributed by atoms with Gasteiger partial charge >= 0.3 is 6.09 Å². The Kier molecular flexibility index (Phi) is 3.97. The summed E-state index contributed by atoms with van der Waals surface area (Å²) in [5.41, 5.74) is 4.63. The van der Waals surface area contributed by atoms with Gasteiger partial charge in [0.25, 0.3) is 0 Å². The van der Waals surface area contributed by atoms with E-state index in [0.717, 1.165) is 41.0 Å². The summed E-state index contributed by atoms with van der Waals surface area (Å²) in [5.74, 6) is 0.718. The van der Waals surface area contributed by atoms with Gasteiger partial charge in [0.2, 0.25) is 0 Å². The lowest BCUT2D eigenvalue weighted by molar-refractivity contribution is 0.107. The quantitative estimate of drug-likeness (QED) is 0.672. The zero-order valence-electron chi connectivity index (χ0n) is 20.3. The third-order valence-electron chi connectivity index (χ3n) is 5.80. The van der Waals surface area contributed by atoms with Crippen LogP contribution in [0.4, 0.5) is 16.2 Å². The van der Waals surface area contributed by atoms with Crippen LogP contribution in [0.3, 0.4) is 0 Å². The molecule has 1 aliphatic heterocycles. The summed E-state index contributed by atoms with van der Waals surface area (Å²) in [6.07, 6.45) is 8.23. The van der Waals surface area contributed by atoms with Crippen LogP contribution in [0.1, 0.15) is 28.1 Å². The smallest absolute Gasteiger partial charge is 0.414 e. The van der Waals surface area contributed by atoms with Crippen molar-refractivity contribution in [2.45, 2.75) is 38.5 Å². The van der Waals surface area contributed by atoms with Crippen molar-refractivity contribution in [3.8, 4) is 16.9 Å². The Labute approximate surface area is 185 Å². The first-order valence-electron chi connectivity index (χ1n) is 11.7. The molecule has 3 heterocycles. The topological polar surface area (TPSA) is 81.5 Å². The molecule has 8 nitrogen and oxygen atoms in total. The maximum absolute atomic E-state index is 12.0. The molecule has 0 radical (unpaired) electrons. The maximum Gasteiger partial charge on any atom is 0.414 e. The SMILES string of the molecule is [2H]C([2H])([2H])N1C(=O)OCc2cc(-c3cncc(OC4CC(Nc5cnn(C)c5)C4)c3C)ccc21. The number of benzene rings is 1. The van der Waals surface area contributed by atoms with Crippen LogP contribution in [0.2, 0.25) is 0 Å². The van der Waals surface area contributed by atoms with Gasteiger partial charge in [-0.15, -0.1) is 0 Å². The Bertz CT molecular complexity index is 1240. The zero-order chi connectivity index (χ0) is 24.0. The highest BCUT2D eigenvalue weighted by molar-refractivity contribution is 5.90. The Morgan fingerprint density at radius 3 is 2.94 bits per heavy atom. The molecule has 0 bridgehead atoms. The van der Waals surface area contributed by atoms with Crippen LogP contribution in [0.5, 0.6) is 5.75 Å². The largest absolute Gasteiger partial charge is 0.488 e. The van der Waals surface area contributed by atoms with Crippen molar-refractivity contribution in [1.82, 2.24) is 14.8 Å². The van der Waals surface area contributed by atoms with E-state index in [0.29, 0.717) is 22.2 Å². The van der Waals surface area contributed by atoms with E-state index in [1.54, 1.807) is 29.2 Å². The van der Waals surface area contributed by atoms with Crippen molar-refractivity contribution in [1.29, 1.82) is 0 Å². The minimum atomic E-state index is -2.62. The number of amides is 1. The number of aryl methyl sites for hydroxylation is 1. The van der Waals surface area contributed by atoms with Gasteiger partial charge in [0.05, 0.1) is 23.8 Å². The summed E-state index contributed by atoms with van der Waals surface area (Å²) in [6.45, 7) is -0.624. The lowest BCUT2D eigenvalue weighted by atomic mass is 9.89. The number of ether oxygens (including phenoxy) is 2. The molecule has 0 spiro atoms. The lowest BCUT2D eigenvalue weighted by Crippen LogP contribution is -2.42. The number of hydrogen-bond acceptors (Lipinski definition) is 6. The van der Waals surface area contributed by atoms with Crippen LogP contribution in [0, 0.1) is 6.92 Å². The van der Waals surface area contributed by atoms with Gasteiger partial charge in [0, 0.05) is 66.1 Å². The molecule has 5 rings (SSSR count). The van der Waals surface area contributed by atoms with E-state index < -0.39 is 13.1 Å². The standard InChI is InChI=1S/C23H25N5O3/c1-14-20(15-4-5-21-16(6-15)13-30-23(29)28(21)3)10-24-11-22(14)31-19-7-17(8-19)26-18-9-25-27(2)12-18/h4-6,9-12,17,19,26H,7-8,13H2,1-3H3/i3D3. The van der Waals surface area contributed by atoms with Crippen LogP contribution in [-0.2, 0) is 18.4 Å². The molecular weight excluding hydrogens is 394 g/mol. The molecule has 1 N–H and O–H groups in total. The highest BCUT2D eigenvalue weighted by atomic mass is 16.6. The van der Waals surface area contributed by atoms with Crippen LogP contribution >= 0.6 is 0 Å². The normalized spacial score (nSPS) is 21.8. The summed E-state index contributed by atoms with van der Waals surface area (Å²) in [5, 5.41) is 7.63. The number of anilines is 2. The molecule has 2 aliphatic rings. The van der Waals surface area contributed by atoms with Crippen LogP contribution < -0.4 is 15.0 Å². The number of carbonyl (C=O) groups is 1. The maximum atomic E-state index is 12.0. The first-order valence-corrected chi connectivity index (χ1v) is 10.2. The lowest BCUT2D eigenvalue weighted by Gasteiger charge is -2.36. The number of aromatic nitrogens is 3. The number of nitrogens with zero attached hydrogens (tertiary/aromatic N) is 4. The zero-order valence-corrected chi connectivity index (χ0v) is 17.3. The van der Waals surface area contributed by atoms with E-state index >= 15 is 0 Å². The molecular formula is C23H25N5O3. The molecule has 1 saturated carbocycles. The number of pyridine rings is 1. The van der Waals surface area contributed by atoms with Gasteiger partial charge in [0.1, 0.15) is 18.5 Å². The van der Waals surface area contributed by atoms with Crippen LogP contribution in [-0.4, -0.2) is 40.0 Å². The molecule has 0 unspecified atom stereocenters. The fourth-order valence-corrected chi connectivity index (χ4v) is 4.00. The number of nitrogens with one attached hydrogen (secondary N) is 1. The molecule has 1 fully saturated rings. The predicted molar refractivity (Wildman–Crippen MR) is 117 cm³/mol. The molecule has 1 aromatic carbocycles. The van der Waals surface area contributed by atoms with Crippen molar-refractivity contribution >= 4 is 17.5 Å². The molecule has 2 aromatic heterocycles. The van der Waals surface area contributed by atoms with Gasteiger partial charge < -0.3 is 14.8 Å². The molecule has 0 saturated heterocycles. The second kappa shape index (κ2) is 7.61. The molecule has 1 amide bonds. The third kappa shape index (κ3) is 3.69. The first-order chi connectivity index (χ1) is 16.2. The second-order valence-corrected chi connectivity index (χ2v) is 8.00. The van der Waals surface area contributed by atoms with Gasteiger partial charge in [-0.3, -0.25) is 14.6 Å². The van der Waals surface area contributed by atoms with E-state index in [-0.39, 0.29) is 12.7 Å². The van der Waals surface area contributed by atoms with E-state index in [4.69, 9.17) is 13.6 Å². The molecule has 8 heteroatoms. The summed E-state index contributed by atoms with van der Waals surface area (Å²) in [4.78, 5) is 17.1. The fourth-order valence-electron chi connectivity index (χ4n) is 4.00. The van der Waals surface area contributed by atoms with Gasteiger partial charge in [0.15, 0.2) is 0 Å². The summed E-state index contributed by atoms with van der Waals surface area (Å²) in [7, 11) is 1.89. The van der Waals surface area contributed by atoms with Gasteiger partial charge in [-0.2, -0.15) is 5.10 Å². The highest BCUT2D eigenvalue weighted by Crippen LogP contribution is 2.36. The van der Waals surface area contributed by atoms with Crippen LogP contribution in [0.15, 0.2) is 43.0 Å². The van der Waals surface area contributed by atoms with Crippen molar-refractivity contribution in [3.63, 3.8) is 0 Å². The number of rotatable bonds is 5. The summed E-state index contributed by atoms with van der Waals surface area (Å²) >= 11 is 0. The second-order valence-electron chi connectivity index (χ2n) is 8.00. The Morgan fingerprint density at radius 2 is 2.16 bits per heavy atom. The van der Waals surface area contributed by atoms with Crippen molar-refractivity contribution in [2.75, 3.05) is 17.2 Å². The Hall–Kier alpha value is -3.55. The van der Waals surface area contributed by atoms with Crippen molar-refractivity contribution in [3.05, 3.63) is 54.1 Å². The fraction of sp³-hybridized carbons (Fsp3) is 0.348. The number of fused-ring (bicyclic) bond motifs is 1. The molecule has 0 atom stereocenters. The van der Waals surface area contributed by atoms with E-state index in [9.17, 15) is 4.79 Å². The van der Waals surface area contributed by atoms with Crippen LogP contribution in [0.25, 0.3) is 11.1 Å². The van der Waals surface area contributed by atoms with Crippen molar-refractivity contribution < 1.29 is 18.4 Å². The van der Waals surface area contributed by atoms with Gasteiger partial charge in [-0.1, -0.05) is 6.07 Å². The molecule has 31 heavy (non-hydrogen) atoms. The average Bonchev–Trinajstić information content (AvgIpc) is 3.17. The molecule has 160 valence electrons. The first kappa shape index (κ1) is 16.2. The number of cyclic esters (lactones) is 1. The van der Waals surface area contributed by atoms with E-state index in [1.165, 1.54) is 0 Å². The third-order valence-corrected chi connectivity index (χ3v) is 5.80. The molecule has 3 aromatic rings. The predicted octanol–water partition coefficient (Wildman–Crippen LogP) is 3.90. The van der Waals surface area contributed by atoms with Gasteiger partial charge in [-0.25, -0.2) is 4.79 Å². The van der Waals surface area contributed by atoms with Gasteiger partial charge in [-0.05, 0) is 24.6 Å². The minimum Gasteiger partial charge on any atom is -0.488 e. The average molecular weight is 423 g/mol. The molecule has 1 aliphatic carbocycles. The number of hydrogen-bond donors (Lipinski definition) is 1. The van der Waals surface area contributed by atoms with Crippen molar-refractivity contribution in [2.24, 2.45) is 7.05 Å². The Morgan fingerprint density at radius 1 is 1.29 bits per heavy atom. The Balaban J connectivity index is 1.31. The highest BCUT2D eigenvalue weighted by Gasteiger charge is 2.31. The van der Waals surface area contributed by atoms with E-state index in [2.05, 4.69) is 15.4 Å². The van der Waals surface area contributed by atoms with E-state index in [1.807, 2.05) is 32.4 Å².